The van der Waals surface area contributed by atoms with Gasteiger partial charge in [-0.25, -0.2) is 4.79 Å². The normalized spacial score (nSPS) is 10.5. The summed E-state index contributed by atoms with van der Waals surface area (Å²) < 4.78 is 15.5. The molecule has 7 nitrogen and oxygen atoms in total. The lowest BCUT2D eigenvalue weighted by Gasteiger charge is -2.08. The molecule has 1 heterocycles. The first kappa shape index (κ1) is 19.2. The molecule has 28 heavy (non-hydrogen) atoms. The summed E-state index contributed by atoms with van der Waals surface area (Å²) in [5.41, 5.74) is 1.68. The number of aryl methyl sites for hydroxylation is 1. The fourth-order valence-electron chi connectivity index (χ4n) is 2.61. The third kappa shape index (κ3) is 4.56. The van der Waals surface area contributed by atoms with Crippen molar-refractivity contribution in [2.24, 2.45) is 0 Å². The SMILES string of the molecule is COc1cccc(CNC(=O)COC(=O)c2cc(=O)c3cc(C)ccc3o2)c1. The van der Waals surface area contributed by atoms with Gasteiger partial charge in [0.1, 0.15) is 11.3 Å². The minimum absolute atomic E-state index is 0.248. The topological polar surface area (TPSA) is 94.8 Å². The summed E-state index contributed by atoms with van der Waals surface area (Å²) in [5.74, 6) is -0.923. The quantitative estimate of drug-likeness (QED) is 0.660. The number of esters is 1. The molecule has 0 spiro atoms. The van der Waals surface area contributed by atoms with Gasteiger partial charge in [0.25, 0.3) is 5.91 Å². The zero-order valence-corrected chi connectivity index (χ0v) is 15.5. The van der Waals surface area contributed by atoms with Gasteiger partial charge < -0.3 is 19.2 Å². The van der Waals surface area contributed by atoms with Crippen LogP contribution in [0.3, 0.4) is 0 Å². The summed E-state index contributed by atoms with van der Waals surface area (Å²) in [5, 5.41) is 3.02. The lowest BCUT2D eigenvalue weighted by atomic mass is 10.1. The number of methoxy groups -OCH3 is 1. The molecule has 3 rings (SSSR count). The Balaban J connectivity index is 1.59. The Morgan fingerprint density at radius 3 is 2.71 bits per heavy atom. The molecule has 2 aromatic carbocycles. The molecule has 0 saturated carbocycles. The number of amides is 1. The van der Waals surface area contributed by atoms with Crippen LogP contribution in [0.1, 0.15) is 21.7 Å². The van der Waals surface area contributed by atoms with Crippen LogP contribution in [-0.4, -0.2) is 25.6 Å². The number of carbonyl (C=O) groups excluding carboxylic acids is 2. The van der Waals surface area contributed by atoms with Crippen molar-refractivity contribution in [3.8, 4) is 5.75 Å². The van der Waals surface area contributed by atoms with Crippen LogP contribution in [0, 0.1) is 6.92 Å². The van der Waals surface area contributed by atoms with Gasteiger partial charge in [-0.1, -0.05) is 23.8 Å². The Hall–Kier alpha value is -3.61. The first-order valence-corrected chi connectivity index (χ1v) is 8.57. The summed E-state index contributed by atoms with van der Waals surface area (Å²) in [6, 6.07) is 13.4. The van der Waals surface area contributed by atoms with Gasteiger partial charge in [-0.2, -0.15) is 0 Å². The molecule has 0 aliphatic carbocycles. The van der Waals surface area contributed by atoms with E-state index in [1.807, 2.05) is 19.1 Å². The molecule has 0 radical (unpaired) electrons. The average molecular weight is 381 g/mol. The molecule has 0 saturated heterocycles. The maximum absolute atomic E-state index is 12.1. The van der Waals surface area contributed by atoms with Crippen molar-refractivity contribution in [1.82, 2.24) is 5.32 Å². The largest absolute Gasteiger partial charge is 0.497 e. The zero-order chi connectivity index (χ0) is 20.1. The van der Waals surface area contributed by atoms with E-state index in [0.29, 0.717) is 11.1 Å². The van der Waals surface area contributed by atoms with Crippen LogP contribution >= 0.6 is 0 Å². The van der Waals surface area contributed by atoms with Crippen molar-refractivity contribution >= 4 is 22.8 Å². The summed E-state index contributed by atoms with van der Waals surface area (Å²) in [7, 11) is 1.56. The molecule has 144 valence electrons. The molecule has 1 N–H and O–H groups in total. The summed E-state index contributed by atoms with van der Waals surface area (Å²) in [4.78, 5) is 36.2. The van der Waals surface area contributed by atoms with E-state index in [1.165, 1.54) is 0 Å². The van der Waals surface area contributed by atoms with E-state index in [1.54, 1.807) is 37.4 Å². The highest BCUT2D eigenvalue weighted by Gasteiger charge is 2.15. The number of nitrogens with one attached hydrogen (secondary N) is 1. The van der Waals surface area contributed by atoms with Crippen LogP contribution in [0.15, 0.2) is 57.7 Å². The Morgan fingerprint density at radius 1 is 1.11 bits per heavy atom. The van der Waals surface area contributed by atoms with Crippen molar-refractivity contribution in [3.05, 3.63) is 75.6 Å². The standard InChI is InChI=1S/C21H19NO6/c1-13-6-7-18-16(8-13)17(23)10-19(28-18)21(25)27-12-20(24)22-11-14-4-3-5-15(9-14)26-2/h3-10H,11-12H2,1-2H3,(H,22,24). The highest BCUT2D eigenvalue weighted by atomic mass is 16.5. The molecule has 0 aliphatic heterocycles. The van der Waals surface area contributed by atoms with E-state index >= 15 is 0 Å². The molecule has 0 aliphatic rings. The number of ether oxygens (including phenoxy) is 2. The van der Waals surface area contributed by atoms with Gasteiger partial charge >= 0.3 is 5.97 Å². The third-order valence-electron chi connectivity index (χ3n) is 4.04. The first-order valence-electron chi connectivity index (χ1n) is 8.57. The second-order valence-electron chi connectivity index (χ2n) is 6.18. The van der Waals surface area contributed by atoms with Crippen molar-refractivity contribution in [3.63, 3.8) is 0 Å². The van der Waals surface area contributed by atoms with Crippen molar-refractivity contribution < 1.29 is 23.5 Å². The molecule has 0 bridgehead atoms. The number of hydrogen-bond acceptors (Lipinski definition) is 6. The van der Waals surface area contributed by atoms with E-state index in [2.05, 4.69) is 5.32 Å². The van der Waals surface area contributed by atoms with Crippen molar-refractivity contribution in [2.45, 2.75) is 13.5 Å². The van der Waals surface area contributed by atoms with Crippen LogP contribution < -0.4 is 15.5 Å². The third-order valence-corrected chi connectivity index (χ3v) is 4.04. The van der Waals surface area contributed by atoms with Gasteiger partial charge in [-0.15, -0.1) is 0 Å². The van der Waals surface area contributed by atoms with E-state index < -0.39 is 18.5 Å². The maximum atomic E-state index is 12.1. The van der Waals surface area contributed by atoms with E-state index in [-0.39, 0.29) is 23.3 Å². The van der Waals surface area contributed by atoms with Gasteiger partial charge in [0.2, 0.25) is 5.76 Å². The monoisotopic (exact) mass is 381 g/mol. The predicted octanol–water partition coefficient (Wildman–Crippen LogP) is 2.58. The second kappa shape index (κ2) is 8.39. The van der Waals surface area contributed by atoms with Crippen LogP contribution in [0.25, 0.3) is 11.0 Å². The van der Waals surface area contributed by atoms with Gasteiger partial charge in [-0.3, -0.25) is 9.59 Å². The Kier molecular flexibility index (Phi) is 5.74. The summed E-state index contributed by atoms with van der Waals surface area (Å²) >= 11 is 0. The molecule has 3 aromatic rings. The van der Waals surface area contributed by atoms with Gasteiger partial charge in [0.15, 0.2) is 12.0 Å². The smallest absolute Gasteiger partial charge is 0.374 e. The maximum Gasteiger partial charge on any atom is 0.374 e. The van der Waals surface area contributed by atoms with Gasteiger partial charge in [0.05, 0.1) is 12.5 Å². The second-order valence-corrected chi connectivity index (χ2v) is 6.18. The molecular formula is C21H19NO6. The Labute approximate surface area is 160 Å². The predicted molar refractivity (Wildman–Crippen MR) is 102 cm³/mol. The number of rotatable bonds is 6. The van der Waals surface area contributed by atoms with Crippen LogP contribution in [0.2, 0.25) is 0 Å². The summed E-state index contributed by atoms with van der Waals surface area (Å²) in [6.45, 7) is 1.63. The average Bonchev–Trinajstić information content (AvgIpc) is 2.71. The fraction of sp³-hybridized carbons (Fsp3) is 0.190. The van der Waals surface area contributed by atoms with Crippen LogP contribution in [-0.2, 0) is 16.1 Å². The lowest BCUT2D eigenvalue weighted by Crippen LogP contribution is -2.28. The minimum atomic E-state index is -0.879. The van der Waals surface area contributed by atoms with Gasteiger partial charge in [-0.05, 0) is 36.8 Å². The van der Waals surface area contributed by atoms with Gasteiger partial charge in [0, 0.05) is 12.6 Å². The van der Waals surface area contributed by atoms with Crippen molar-refractivity contribution in [2.75, 3.05) is 13.7 Å². The molecule has 1 amide bonds. The molecular weight excluding hydrogens is 362 g/mol. The van der Waals surface area contributed by atoms with Crippen LogP contribution in [0.4, 0.5) is 0 Å². The number of benzene rings is 2. The molecule has 0 unspecified atom stereocenters. The minimum Gasteiger partial charge on any atom is -0.497 e. The number of fused-ring (bicyclic) bond motifs is 1. The molecule has 0 fully saturated rings. The number of carbonyl (C=O) groups is 2. The highest BCUT2D eigenvalue weighted by molar-refractivity contribution is 5.90. The first-order chi connectivity index (χ1) is 13.5. The molecule has 1 aromatic heterocycles. The molecule has 7 heteroatoms. The highest BCUT2D eigenvalue weighted by Crippen LogP contribution is 2.15. The number of hydrogen-bond donors (Lipinski definition) is 1. The van der Waals surface area contributed by atoms with Crippen molar-refractivity contribution in [1.29, 1.82) is 0 Å². The summed E-state index contributed by atoms with van der Waals surface area (Å²) in [6.07, 6.45) is 0. The zero-order valence-electron chi connectivity index (χ0n) is 15.5. The van der Waals surface area contributed by atoms with E-state index in [9.17, 15) is 14.4 Å². The fourth-order valence-corrected chi connectivity index (χ4v) is 2.61. The Bertz CT molecular complexity index is 1090. The van der Waals surface area contributed by atoms with E-state index in [4.69, 9.17) is 13.9 Å². The van der Waals surface area contributed by atoms with E-state index in [0.717, 1.165) is 17.2 Å². The lowest BCUT2D eigenvalue weighted by molar-refractivity contribution is -0.124. The Morgan fingerprint density at radius 2 is 1.93 bits per heavy atom. The van der Waals surface area contributed by atoms with Crippen LogP contribution in [0.5, 0.6) is 5.75 Å². The molecule has 0 atom stereocenters.